The molecule has 78 valence electrons. The van der Waals surface area contributed by atoms with Gasteiger partial charge in [-0.15, -0.1) is 11.3 Å². The van der Waals surface area contributed by atoms with Crippen LogP contribution in [0, 0.1) is 6.92 Å². The molecule has 2 aromatic rings. The van der Waals surface area contributed by atoms with Gasteiger partial charge in [-0.2, -0.15) is 0 Å². The second kappa shape index (κ2) is 4.59. The molecule has 1 N–H and O–H groups in total. The maximum Gasteiger partial charge on any atom is 0.134 e. The van der Waals surface area contributed by atoms with E-state index in [2.05, 4.69) is 33.7 Å². The highest BCUT2D eigenvalue weighted by atomic mass is 35.5. The molecule has 0 aliphatic carbocycles. The molecule has 0 radical (unpaired) electrons. The number of aromatic nitrogens is 2. The van der Waals surface area contributed by atoms with Crippen molar-refractivity contribution in [3.8, 4) is 0 Å². The van der Waals surface area contributed by atoms with Crippen molar-refractivity contribution >= 4 is 28.8 Å². The zero-order chi connectivity index (χ0) is 10.7. The van der Waals surface area contributed by atoms with Gasteiger partial charge in [-0.25, -0.2) is 9.97 Å². The highest BCUT2D eigenvalue weighted by Crippen LogP contribution is 2.17. The van der Waals surface area contributed by atoms with Crippen LogP contribution in [0.4, 0.5) is 5.82 Å². The van der Waals surface area contributed by atoms with Crippen molar-refractivity contribution in [2.24, 2.45) is 0 Å². The molecule has 0 saturated carbocycles. The normalized spacial score (nSPS) is 10.3. The third-order valence-corrected chi connectivity index (χ3v) is 3.26. The summed E-state index contributed by atoms with van der Waals surface area (Å²) < 4.78 is 0. The van der Waals surface area contributed by atoms with E-state index < -0.39 is 0 Å². The van der Waals surface area contributed by atoms with Crippen LogP contribution in [0.15, 0.2) is 23.8 Å². The highest BCUT2D eigenvalue weighted by Gasteiger charge is 2.00. The molecule has 0 unspecified atom stereocenters. The summed E-state index contributed by atoms with van der Waals surface area (Å²) in [6.45, 7) is 2.87. The second-order valence-corrected chi connectivity index (χ2v) is 4.49. The number of aryl methyl sites for hydroxylation is 1. The molecule has 0 aromatic carbocycles. The van der Waals surface area contributed by atoms with Crippen molar-refractivity contribution in [1.29, 1.82) is 0 Å². The van der Waals surface area contributed by atoms with Gasteiger partial charge in [-0.3, -0.25) is 0 Å². The molecule has 0 aliphatic rings. The number of nitrogens with one attached hydrogen (secondary N) is 1. The van der Waals surface area contributed by atoms with E-state index >= 15 is 0 Å². The molecule has 0 spiro atoms. The number of anilines is 1. The zero-order valence-corrected chi connectivity index (χ0v) is 9.77. The first kappa shape index (κ1) is 10.4. The first-order valence-corrected chi connectivity index (χ1v) is 5.76. The Balaban J connectivity index is 2.02. The molecule has 0 saturated heterocycles. The minimum absolute atomic E-state index is 0.454. The van der Waals surface area contributed by atoms with Gasteiger partial charge in [0, 0.05) is 10.9 Å². The molecule has 2 aromatic heterocycles. The zero-order valence-electron chi connectivity index (χ0n) is 8.20. The SMILES string of the molecule is Cc1ccsc1CNc1cc(Cl)ncn1. The maximum absolute atomic E-state index is 5.75. The van der Waals surface area contributed by atoms with Gasteiger partial charge in [0.2, 0.25) is 0 Å². The van der Waals surface area contributed by atoms with Gasteiger partial charge >= 0.3 is 0 Å². The van der Waals surface area contributed by atoms with Crippen LogP contribution in [-0.2, 0) is 6.54 Å². The Hall–Kier alpha value is -1.13. The average Bonchev–Trinajstić information content (AvgIpc) is 2.61. The van der Waals surface area contributed by atoms with Crippen molar-refractivity contribution in [3.63, 3.8) is 0 Å². The minimum Gasteiger partial charge on any atom is -0.365 e. The number of halogens is 1. The predicted octanol–water partition coefficient (Wildman–Crippen LogP) is 3.11. The fraction of sp³-hybridized carbons (Fsp3) is 0.200. The van der Waals surface area contributed by atoms with E-state index in [0.29, 0.717) is 5.15 Å². The third kappa shape index (κ3) is 2.67. The Morgan fingerprint density at radius 1 is 1.47 bits per heavy atom. The molecule has 0 atom stereocenters. The Morgan fingerprint density at radius 3 is 3.00 bits per heavy atom. The minimum atomic E-state index is 0.454. The average molecular weight is 240 g/mol. The summed E-state index contributed by atoms with van der Waals surface area (Å²) in [6, 6.07) is 3.82. The topological polar surface area (TPSA) is 37.8 Å². The summed E-state index contributed by atoms with van der Waals surface area (Å²) in [6.07, 6.45) is 1.45. The molecule has 2 heterocycles. The smallest absolute Gasteiger partial charge is 0.134 e. The van der Waals surface area contributed by atoms with Crippen LogP contribution in [0.25, 0.3) is 0 Å². The summed E-state index contributed by atoms with van der Waals surface area (Å²) >= 11 is 7.48. The molecule has 5 heteroatoms. The second-order valence-electron chi connectivity index (χ2n) is 3.11. The molecule has 0 bridgehead atoms. The maximum atomic E-state index is 5.75. The standard InChI is InChI=1S/C10H10ClN3S/c1-7-2-3-15-8(7)5-12-10-4-9(11)13-6-14-10/h2-4,6H,5H2,1H3,(H,12,13,14). The number of thiophene rings is 1. The van der Waals surface area contributed by atoms with Crippen LogP contribution in [0.2, 0.25) is 5.15 Å². The van der Waals surface area contributed by atoms with E-state index in [4.69, 9.17) is 11.6 Å². The lowest BCUT2D eigenvalue weighted by atomic mass is 10.3. The molecule has 2 rings (SSSR count). The largest absolute Gasteiger partial charge is 0.365 e. The van der Waals surface area contributed by atoms with Crippen LogP contribution >= 0.6 is 22.9 Å². The number of nitrogens with zero attached hydrogens (tertiary/aromatic N) is 2. The van der Waals surface area contributed by atoms with E-state index in [1.165, 1.54) is 16.8 Å². The van der Waals surface area contributed by atoms with Gasteiger partial charge in [0.25, 0.3) is 0 Å². The Morgan fingerprint density at radius 2 is 2.33 bits per heavy atom. The van der Waals surface area contributed by atoms with Crippen molar-refractivity contribution in [2.45, 2.75) is 13.5 Å². The number of rotatable bonds is 3. The van der Waals surface area contributed by atoms with Gasteiger partial charge in [-0.1, -0.05) is 11.6 Å². The monoisotopic (exact) mass is 239 g/mol. The first-order chi connectivity index (χ1) is 7.25. The fourth-order valence-corrected chi connectivity index (χ4v) is 2.18. The summed E-state index contributed by atoms with van der Waals surface area (Å²) in [7, 11) is 0. The van der Waals surface area contributed by atoms with Crippen molar-refractivity contribution in [1.82, 2.24) is 9.97 Å². The summed E-state index contributed by atoms with van der Waals surface area (Å²) in [5.74, 6) is 0.753. The van der Waals surface area contributed by atoms with Gasteiger partial charge in [0.15, 0.2) is 0 Å². The first-order valence-electron chi connectivity index (χ1n) is 4.50. The van der Waals surface area contributed by atoms with Gasteiger partial charge < -0.3 is 5.32 Å². The van der Waals surface area contributed by atoms with Crippen molar-refractivity contribution in [2.75, 3.05) is 5.32 Å². The van der Waals surface area contributed by atoms with Gasteiger partial charge in [-0.05, 0) is 23.9 Å². The predicted molar refractivity (Wildman–Crippen MR) is 63.4 cm³/mol. The van der Waals surface area contributed by atoms with E-state index in [1.54, 1.807) is 17.4 Å². The van der Waals surface area contributed by atoms with E-state index in [1.807, 2.05) is 0 Å². The van der Waals surface area contributed by atoms with Crippen LogP contribution in [0.3, 0.4) is 0 Å². The third-order valence-electron chi connectivity index (χ3n) is 2.03. The van der Waals surface area contributed by atoms with Gasteiger partial charge in [0.1, 0.15) is 17.3 Å². The lowest BCUT2D eigenvalue weighted by Gasteiger charge is -2.04. The summed E-state index contributed by atoms with van der Waals surface area (Å²) in [5, 5.41) is 5.74. The molecule has 0 amide bonds. The van der Waals surface area contributed by atoms with Crippen LogP contribution in [0.1, 0.15) is 10.4 Å². The number of hydrogen-bond donors (Lipinski definition) is 1. The molecule has 0 fully saturated rings. The Bertz CT molecular complexity index is 455. The Labute approximate surface area is 97.2 Å². The molecular weight excluding hydrogens is 230 g/mol. The summed E-state index contributed by atoms with van der Waals surface area (Å²) in [4.78, 5) is 9.20. The quantitative estimate of drug-likeness (QED) is 0.837. The van der Waals surface area contributed by atoms with Crippen molar-refractivity contribution < 1.29 is 0 Å². The van der Waals surface area contributed by atoms with E-state index in [-0.39, 0.29) is 0 Å². The molecule has 0 aliphatic heterocycles. The highest BCUT2D eigenvalue weighted by molar-refractivity contribution is 7.10. The van der Waals surface area contributed by atoms with Crippen LogP contribution < -0.4 is 5.32 Å². The summed E-state index contributed by atoms with van der Waals surface area (Å²) in [5.41, 5.74) is 1.30. The lowest BCUT2D eigenvalue weighted by molar-refractivity contribution is 1.09. The van der Waals surface area contributed by atoms with Crippen molar-refractivity contribution in [3.05, 3.63) is 39.4 Å². The Kier molecular flexibility index (Phi) is 3.18. The fourth-order valence-electron chi connectivity index (χ4n) is 1.19. The molecule has 15 heavy (non-hydrogen) atoms. The van der Waals surface area contributed by atoms with Crippen LogP contribution in [0.5, 0.6) is 0 Å². The molecular formula is C10H10ClN3S. The van der Waals surface area contributed by atoms with E-state index in [0.717, 1.165) is 12.4 Å². The van der Waals surface area contributed by atoms with E-state index in [9.17, 15) is 0 Å². The van der Waals surface area contributed by atoms with Gasteiger partial charge in [0.05, 0.1) is 6.54 Å². The molecule has 3 nitrogen and oxygen atoms in total. The lowest BCUT2D eigenvalue weighted by Crippen LogP contribution is -2.00. The van der Waals surface area contributed by atoms with Crippen LogP contribution in [-0.4, -0.2) is 9.97 Å². The number of hydrogen-bond acceptors (Lipinski definition) is 4.